The predicted octanol–water partition coefficient (Wildman–Crippen LogP) is 6.15. The summed E-state index contributed by atoms with van der Waals surface area (Å²) in [6.45, 7) is 4.57. The van der Waals surface area contributed by atoms with Crippen LogP contribution in [0.1, 0.15) is 76.5 Å². The second kappa shape index (κ2) is 9.50. The summed E-state index contributed by atoms with van der Waals surface area (Å²) in [4.78, 5) is 12.3. The third-order valence-corrected chi connectivity index (χ3v) is 5.87. The summed E-state index contributed by atoms with van der Waals surface area (Å²) in [5, 5.41) is 0.660. The average molecular weight is 374 g/mol. The minimum Gasteiger partial charge on any atom is -0.427 e. The number of benzene rings is 1. The van der Waals surface area contributed by atoms with Gasteiger partial charge < -0.3 is 9.15 Å². The molecule has 0 aliphatic heterocycles. The molecule has 4 heteroatoms. The van der Waals surface area contributed by atoms with Gasteiger partial charge in [-0.1, -0.05) is 45.2 Å². The van der Waals surface area contributed by atoms with E-state index in [1.54, 1.807) is 12.1 Å². The van der Waals surface area contributed by atoms with Gasteiger partial charge in [0.25, 0.3) is 0 Å². The van der Waals surface area contributed by atoms with Crippen molar-refractivity contribution in [1.29, 1.82) is 0 Å². The Bertz CT molecular complexity index is 803. The van der Waals surface area contributed by atoms with Crippen LogP contribution in [-0.2, 0) is 17.8 Å². The van der Waals surface area contributed by atoms with Crippen LogP contribution in [0.25, 0.3) is 10.8 Å². The van der Waals surface area contributed by atoms with Crippen LogP contribution in [-0.4, -0.2) is 6.10 Å². The van der Waals surface area contributed by atoms with Crippen LogP contribution < -0.4 is 5.63 Å². The van der Waals surface area contributed by atoms with Crippen molar-refractivity contribution in [2.75, 3.05) is 0 Å². The quantitative estimate of drug-likeness (QED) is 0.520. The fourth-order valence-electron chi connectivity index (χ4n) is 4.03. The molecular weight excluding hydrogens is 343 g/mol. The lowest BCUT2D eigenvalue weighted by Gasteiger charge is -2.27. The van der Waals surface area contributed by atoms with Crippen LogP contribution in [0.4, 0.5) is 4.39 Å². The first-order valence-electron chi connectivity index (χ1n) is 10.5. The van der Waals surface area contributed by atoms with E-state index in [1.165, 1.54) is 19.3 Å². The molecule has 1 aliphatic carbocycles. The fourth-order valence-corrected chi connectivity index (χ4v) is 4.03. The van der Waals surface area contributed by atoms with E-state index in [4.69, 9.17) is 9.15 Å². The third kappa shape index (κ3) is 4.98. The summed E-state index contributed by atoms with van der Waals surface area (Å²) in [5.74, 6) is 0.944. The van der Waals surface area contributed by atoms with Crippen LogP contribution in [0.15, 0.2) is 27.4 Å². The number of hydrogen-bond acceptors (Lipinski definition) is 3. The van der Waals surface area contributed by atoms with Crippen molar-refractivity contribution in [2.45, 2.75) is 84.3 Å². The number of halogens is 1. The van der Waals surface area contributed by atoms with Gasteiger partial charge in [-0.15, -0.1) is 0 Å². The maximum atomic E-state index is 14.9. The molecule has 0 spiro atoms. The van der Waals surface area contributed by atoms with Crippen molar-refractivity contribution in [2.24, 2.45) is 5.92 Å². The molecule has 0 saturated heterocycles. The topological polar surface area (TPSA) is 39.4 Å². The Morgan fingerprint density at radius 1 is 1.15 bits per heavy atom. The normalized spacial score (nSPS) is 20.3. The predicted molar refractivity (Wildman–Crippen MR) is 106 cm³/mol. The van der Waals surface area contributed by atoms with Crippen molar-refractivity contribution in [1.82, 2.24) is 0 Å². The monoisotopic (exact) mass is 374 g/mol. The molecule has 2 aromatic rings. The highest BCUT2D eigenvalue weighted by atomic mass is 19.1. The van der Waals surface area contributed by atoms with E-state index in [2.05, 4.69) is 13.8 Å². The summed E-state index contributed by atoms with van der Waals surface area (Å²) in [6, 6.07) is 5.35. The van der Waals surface area contributed by atoms with E-state index >= 15 is 0 Å². The van der Waals surface area contributed by atoms with Gasteiger partial charge in [-0.3, -0.25) is 0 Å². The molecule has 148 valence electrons. The van der Waals surface area contributed by atoms with Gasteiger partial charge in [0.1, 0.15) is 17.0 Å². The second-order valence-corrected chi connectivity index (χ2v) is 7.82. The molecule has 3 nitrogen and oxygen atoms in total. The summed E-state index contributed by atoms with van der Waals surface area (Å²) in [5.41, 5.74) is -0.145. The molecule has 1 aromatic carbocycles. The van der Waals surface area contributed by atoms with E-state index in [0.717, 1.165) is 38.0 Å². The van der Waals surface area contributed by atoms with Gasteiger partial charge >= 0.3 is 5.63 Å². The molecule has 0 atom stereocenters. The number of unbranched alkanes of at least 4 members (excludes halogenated alkanes) is 2. The van der Waals surface area contributed by atoms with Crippen molar-refractivity contribution >= 4 is 10.8 Å². The second-order valence-electron chi connectivity index (χ2n) is 7.82. The molecule has 1 aliphatic rings. The van der Waals surface area contributed by atoms with Crippen molar-refractivity contribution in [3.8, 4) is 0 Å². The molecule has 0 bridgehead atoms. The van der Waals surface area contributed by atoms with Crippen LogP contribution in [0.2, 0.25) is 0 Å². The van der Waals surface area contributed by atoms with E-state index < -0.39 is 11.4 Å². The number of hydrogen-bond donors (Lipinski definition) is 0. The van der Waals surface area contributed by atoms with E-state index in [0.29, 0.717) is 23.1 Å². The molecule has 1 aromatic heterocycles. The Morgan fingerprint density at radius 2 is 1.93 bits per heavy atom. The smallest absolute Gasteiger partial charge is 0.346 e. The van der Waals surface area contributed by atoms with Gasteiger partial charge in [-0.05, 0) is 49.5 Å². The van der Waals surface area contributed by atoms with Crippen LogP contribution in [0.3, 0.4) is 0 Å². The number of fused-ring (bicyclic) bond motifs is 1. The number of rotatable bonds is 8. The van der Waals surface area contributed by atoms with E-state index in [9.17, 15) is 9.18 Å². The highest BCUT2D eigenvalue weighted by Gasteiger charge is 2.21. The molecule has 0 N–H and O–H groups in total. The summed E-state index contributed by atoms with van der Waals surface area (Å²) in [6.07, 6.45) is 9.75. The lowest BCUT2D eigenvalue weighted by molar-refractivity contribution is 0.00575. The molecule has 1 fully saturated rings. The Labute approximate surface area is 160 Å². The minimum absolute atomic E-state index is 0.0463. The highest BCUT2D eigenvalue weighted by Crippen LogP contribution is 2.29. The summed E-state index contributed by atoms with van der Waals surface area (Å²) < 4.78 is 26.2. The molecule has 0 unspecified atom stereocenters. The van der Waals surface area contributed by atoms with Gasteiger partial charge in [0.15, 0.2) is 0 Å². The van der Waals surface area contributed by atoms with Crippen LogP contribution in [0, 0.1) is 11.7 Å². The van der Waals surface area contributed by atoms with Crippen LogP contribution in [0.5, 0.6) is 0 Å². The zero-order chi connectivity index (χ0) is 19.2. The lowest BCUT2D eigenvalue weighted by Crippen LogP contribution is -2.21. The first kappa shape index (κ1) is 20.1. The minimum atomic E-state index is -0.582. The summed E-state index contributed by atoms with van der Waals surface area (Å²) in [7, 11) is 0. The Balaban J connectivity index is 1.70. The van der Waals surface area contributed by atoms with Gasteiger partial charge in [-0.2, -0.15) is 0 Å². The first-order valence-corrected chi connectivity index (χ1v) is 10.5. The standard InChI is InChI=1S/C23H31FO3/c1-3-5-6-7-20-14-17-10-11-18(22(24)21(17)23(25)27-20)15-26-19-12-8-16(4-2)9-13-19/h10-11,14,16,19H,3-9,12-13,15H2,1-2H3. The molecule has 3 rings (SSSR count). The molecular formula is C23H31FO3. The van der Waals surface area contributed by atoms with E-state index in [1.807, 2.05) is 6.07 Å². The molecule has 0 amide bonds. The van der Waals surface area contributed by atoms with Crippen molar-refractivity contribution < 1.29 is 13.5 Å². The zero-order valence-corrected chi connectivity index (χ0v) is 16.6. The molecule has 1 saturated carbocycles. The average Bonchev–Trinajstić information content (AvgIpc) is 2.68. The molecule has 0 radical (unpaired) electrons. The van der Waals surface area contributed by atoms with Crippen LogP contribution >= 0.6 is 0 Å². The number of aryl methyl sites for hydroxylation is 1. The largest absolute Gasteiger partial charge is 0.427 e. The fraction of sp³-hybridized carbons (Fsp3) is 0.609. The highest BCUT2D eigenvalue weighted by molar-refractivity contribution is 5.82. The van der Waals surface area contributed by atoms with E-state index in [-0.39, 0.29) is 18.1 Å². The van der Waals surface area contributed by atoms with Gasteiger partial charge in [0.2, 0.25) is 0 Å². The van der Waals surface area contributed by atoms with Gasteiger partial charge in [0, 0.05) is 12.0 Å². The zero-order valence-electron chi connectivity index (χ0n) is 16.6. The maximum Gasteiger partial charge on any atom is 0.346 e. The Hall–Kier alpha value is -1.68. The molecule has 1 heterocycles. The van der Waals surface area contributed by atoms with Gasteiger partial charge in [-0.25, -0.2) is 9.18 Å². The maximum absolute atomic E-state index is 14.9. The van der Waals surface area contributed by atoms with Gasteiger partial charge in [0.05, 0.1) is 12.7 Å². The van der Waals surface area contributed by atoms with Crippen molar-refractivity contribution in [3.05, 3.63) is 45.8 Å². The summed E-state index contributed by atoms with van der Waals surface area (Å²) >= 11 is 0. The third-order valence-electron chi connectivity index (χ3n) is 5.87. The Kier molecular flexibility index (Phi) is 7.06. The van der Waals surface area contributed by atoms with Crippen molar-refractivity contribution in [3.63, 3.8) is 0 Å². The number of ether oxygens (including phenoxy) is 1. The molecule has 27 heavy (non-hydrogen) atoms. The lowest BCUT2D eigenvalue weighted by atomic mass is 9.86. The first-order chi connectivity index (χ1) is 13.1. The Morgan fingerprint density at radius 3 is 2.63 bits per heavy atom. The SMILES string of the molecule is CCCCCc1cc2ccc(COC3CCC(CC)CC3)c(F)c2c(=O)o1.